The van der Waals surface area contributed by atoms with E-state index in [9.17, 15) is 9.59 Å². The van der Waals surface area contributed by atoms with Gasteiger partial charge in [0, 0.05) is 13.0 Å². The van der Waals surface area contributed by atoms with Crippen LogP contribution in [0.2, 0.25) is 0 Å². The lowest BCUT2D eigenvalue weighted by molar-refractivity contribution is -0.124. The number of amides is 2. The molecule has 1 fully saturated rings. The fraction of sp³-hybridized carbons (Fsp3) is 0.318. The van der Waals surface area contributed by atoms with Crippen molar-refractivity contribution in [2.45, 2.75) is 39.2 Å². The molecule has 2 heterocycles. The smallest absolute Gasteiger partial charge is 0.266 e. The molecule has 2 amide bonds. The predicted octanol–water partition coefficient (Wildman–Crippen LogP) is 4.48. The minimum atomic E-state index is -0.155. The number of benzene rings is 1. The van der Waals surface area contributed by atoms with Gasteiger partial charge < -0.3 is 9.73 Å². The first kappa shape index (κ1) is 21.3. The molecule has 5 nitrogen and oxygen atoms in total. The normalized spacial score (nSPS) is 16.0. The molecule has 2 aromatic rings. The fourth-order valence-electron chi connectivity index (χ4n) is 2.82. The van der Waals surface area contributed by atoms with Gasteiger partial charge in [0.2, 0.25) is 5.91 Å². The Balaban J connectivity index is 1.57. The summed E-state index contributed by atoms with van der Waals surface area (Å²) in [4.78, 5) is 26.8. The molecule has 1 aromatic heterocycles. The van der Waals surface area contributed by atoms with E-state index in [1.807, 2.05) is 18.2 Å². The predicted molar refractivity (Wildman–Crippen MR) is 120 cm³/mol. The summed E-state index contributed by atoms with van der Waals surface area (Å²) in [6.45, 7) is 7.08. The Labute approximate surface area is 180 Å². The van der Waals surface area contributed by atoms with Crippen molar-refractivity contribution in [3.8, 4) is 0 Å². The highest BCUT2D eigenvalue weighted by molar-refractivity contribution is 8.26. The summed E-state index contributed by atoms with van der Waals surface area (Å²) in [6.07, 6.45) is 3.59. The molecule has 0 atom stereocenters. The maximum atomic E-state index is 12.7. The highest BCUT2D eigenvalue weighted by atomic mass is 32.2. The number of carbonyl (C=O) groups excluding carboxylic acids is 2. The maximum absolute atomic E-state index is 12.7. The van der Waals surface area contributed by atoms with Gasteiger partial charge in [-0.1, -0.05) is 69.0 Å². The number of furan rings is 1. The third-order valence-corrected chi connectivity index (χ3v) is 5.93. The molecule has 1 saturated heterocycles. The fourth-order valence-corrected chi connectivity index (χ4v) is 4.13. The second-order valence-electron chi connectivity index (χ2n) is 7.81. The third kappa shape index (κ3) is 5.58. The minimum absolute atomic E-state index is 0.0828. The molecule has 7 heteroatoms. The molecule has 3 rings (SSSR count). The highest BCUT2D eigenvalue weighted by Gasteiger charge is 2.32. The van der Waals surface area contributed by atoms with Gasteiger partial charge in [-0.2, -0.15) is 0 Å². The van der Waals surface area contributed by atoms with Crippen molar-refractivity contribution >= 4 is 46.2 Å². The van der Waals surface area contributed by atoms with Crippen LogP contribution in [0.25, 0.3) is 6.08 Å². The summed E-state index contributed by atoms with van der Waals surface area (Å²) in [7, 11) is 0. The Morgan fingerprint density at radius 2 is 1.97 bits per heavy atom. The average molecular weight is 429 g/mol. The van der Waals surface area contributed by atoms with Gasteiger partial charge in [0.25, 0.3) is 5.91 Å². The van der Waals surface area contributed by atoms with E-state index < -0.39 is 0 Å². The van der Waals surface area contributed by atoms with Crippen LogP contribution in [-0.4, -0.2) is 27.6 Å². The monoisotopic (exact) mass is 428 g/mol. The molecule has 1 aliphatic rings. The van der Waals surface area contributed by atoms with Crippen LogP contribution in [0.1, 0.15) is 44.1 Å². The van der Waals surface area contributed by atoms with Crippen LogP contribution >= 0.6 is 24.0 Å². The standard InChI is InChI=1S/C22H24N2O3S2/c1-22(2,3)16-8-6-15(7-9-16)13-18-20(26)24(21(28)29-18)11-10-19(25)23-14-17-5-4-12-27-17/h4-9,12-13H,10-11,14H2,1-3H3,(H,23,25). The highest BCUT2D eigenvalue weighted by Crippen LogP contribution is 2.33. The van der Waals surface area contributed by atoms with Gasteiger partial charge >= 0.3 is 0 Å². The zero-order valence-corrected chi connectivity index (χ0v) is 18.4. The lowest BCUT2D eigenvalue weighted by atomic mass is 9.87. The van der Waals surface area contributed by atoms with E-state index in [4.69, 9.17) is 16.6 Å². The van der Waals surface area contributed by atoms with Gasteiger partial charge in [-0.05, 0) is 34.8 Å². The van der Waals surface area contributed by atoms with Crippen LogP contribution in [0.15, 0.2) is 52.0 Å². The largest absolute Gasteiger partial charge is 0.467 e. The summed E-state index contributed by atoms with van der Waals surface area (Å²) in [5.41, 5.74) is 2.27. The number of hydrogen-bond acceptors (Lipinski definition) is 5. The van der Waals surface area contributed by atoms with Crippen molar-refractivity contribution < 1.29 is 14.0 Å². The van der Waals surface area contributed by atoms with Crippen LogP contribution in [-0.2, 0) is 21.5 Å². The first-order valence-electron chi connectivity index (χ1n) is 9.39. The summed E-state index contributed by atoms with van der Waals surface area (Å²) >= 11 is 6.61. The van der Waals surface area contributed by atoms with E-state index in [0.717, 1.165) is 5.56 Å². The molecule has 0 radical (unpaired) electrons. The Morgan fingerprint density at radius 3 is 2.59 bits per heavy atom. The molecule has 0 aliphatic carbocycles. The summed E-state index contributed by atoms with van der Waals surface area (Å²) < 4.78 is 5.66. The number of nitrogens with zero attached hydrogens (tertiary/aromatic N) is 1. The zero-order valence-electron chi connectivity index (χ0n) is 16.7. The van der Waals surface area contributed by atoms with Gasteiger partial charge in [-0.15, -0.1) is 0 Å². The molecule has 0 unspecified atom stereocenters. The van der Waals surface area contributed by atoms with E-state index in [0.29, 0.717) is 21.5 Å². The molecule has 29 heavy (non-hydrogen) atoms. The molecule has 152 valence electrons. The van der Waals surface area contributed by atoms with Crippen molar-refractivity contribution in [3.63, 3.8) is 0 Å². The summed E-state index contributed by atoms with van der Waals surface area (Å²) in [6, 6.07) is 11.7. The molecule has 0 spiro atoms. The number of hydrogen-bond donors (Lipinski definition) is 1. The van der Waals surface area contributed by atoms with Crippen LogP contribution in [0, 0.1) is 0 Å². The summed E-state index contributed by atoms with van der Waals surface area (Å²) in [5, 5.41) is 2.77. The molecular weight excluding hydrogens is 404 g/mol. The van der Waals surface area contributed by atoms with E-state index >= 15 is 0 Å². The quantitative estimate of drug-likeness (QED) is 0.543. The average Bonchev–Trinajstić information content (AvgIpc) is 3.27. The molecular formula is C22H24N2O3S2. The van der Waals surface area contributed by atoms with Crippen LogP contribution in [0.4, 0.5) is 0 Å². The lowest BCUT2D eigenvalue weighted by Gasteiger charge is -2.18. The molecule has 1 N–H and O–H groups in total. The molecule has 1 aromatic carbocycles. The van der Waals surface area contributed by atoms with Gasteiger partial charge in [-0.25, -0.2) is 0 Å². The summed E-state index contributed by atoms with van der Waals surface area (Å²) in [5.74, 6) is 0.375. The van der Waals surface area contributed by atoms with Crippen molar-refractivity contribution in [3.05, 3.63) is 64.5 Å². The Kier molecular flexibility index (Phi) is 6.59. The molecule has 0 saturated carbocycles. The van der Waals surface area contributed by atoms with Gasteiger partial charge in [0.05, 0.1) is 17.7 Å². The second kappa shape index (κ2) is 8.97. The topological polar surface area (TPSA) is 62.6 Å². The van der Waals surface area contributed by atoms with Crippen molar-refractivity contribution in [1.29, 1.82) is 0 Å². The van der Waals surface area contributed by atoms with E-state index in [1.54, 1.807) is 18.4 Å². The van der Waals surface area contributed by atoms with Crippen LogP contribution < -0.4 is 5.32 Å². The zero-order chi connectivity index (χ0) is 21.0. The van der Waals surface area contributed by atoms with Crippen LogP contribution in [0.3, 0.4) is 0 Å². The lowest BCUT2D eigenvalue weighted by Crippen LogP contribution is -2.33. The SMILES string of the molecule is CC(C)(C)c1ccc(C=C2SC(=S)N(CCC(=O)NCc3ccco3)C2=O)cc1. The van der Waals surface area contributed by atoms with E-state index in [1.165, 1.54) is 22.2 Å². The number of carbonyl (C=O) groups is 2. The first-order chi connectivity index (χ1) is 13.7. The molecule has 1 aliphatic heterocycles. The van der Waals surface area contributed by atoms with Gasteiger partial charge in [0.15, 0.2) is 0 Å². The maximum Gasteiger partial charge on any atom is 0.266 e. The van der Waals surface area contributed by atoms with Gasteiger partial charge in [-0.3, -0.25) is 14.5 Å². The first-order valence-corrected chi connectivity index (χ1v) is 10.6. The number of rotatable bonds is 6. The number of thioether (sulfide) groups is 1. The van der Waals surface area contributed by atoms with E-state index in [2.05, 4.69) is 38.2 Å². The van der Waals surface area contributed by atoms with Gasteiger partial charge in [0.1, 0.15) is 10.1 Å². The van der Waals surface area contributed by atoms with Crippen molar-refractivity contribution in [1.82, 2.24) is 10.2 Å². The Hall–Kier alpha value is -2.38. The van der Waals surface area contributed by atoms with Crippen molar-refractivity contribution in [2.75, 3.05) is 6.54 Å². The van der Waals surface area contributed by atoms with Crippen LogP contribution in [0.5, 0.6) is 0 Å². The van der Waals surface area contributed by atoms with Crippen molar-refractivity contribution in [2.24, 2.45) is 0 Å². The third-order valence-electron chi connectivity index (χ3n) is 4.55. The second-order valence-corrected chi connectivity index (χ2v) is 9.49. The number of nitrogens with one attached hydrogen (secondary N) is 1. The Morgan fingerprint density at radius 1 is 1.24 bits per heavy atom. The Bertz CT molecular complexity index is 926. The number of thiocarbonyl (C=S) groups is 1. The molecule has 0 bridgehead atoms. The van der Waals surface area contributed by atoms with E-state index in [-0.39, 0.29) is 30.2 Å². The minimum Gasteiger partial charge on any atom is -0.467 e.